The summed E-state index contributed by atoms with van der Waals surface area (Å²) in [7, 11) is 0. The zero-order valence-electron chi connectivity index (χ0n) is 14.9. The van der Waals surface area contributed by atoms with Gasteiger partial charge in [0.1, 0.15) is 17.5 Å². The van der Waals surface area contributed by atoms with Crippen LogP contribution in [0.5, 0.6) is 0 Å². The molecule has 1 saturated heterocycles. The summed E-state index contributed by atoms with van der Waals surface area (Å²) in [5.74, 6) is 1.13. The minimum atomic E-state index is -0.304. The Labute approximate surface area is 156 Å². The monoisotopic (exact) mass is 367 g/mol. The van der Waals surface area contributed by atoms with Gasteiger partial charge in [-0.15, -0.1) is 0 Å². The molecule has 0 saturated carbocycles. The molecule has 1 amide bonds. The Bertz CT molecular complexity index is 955. The lowest BCUT2D eigenvalue weighted by Crippen LogP contribution is -2.40. The number of anilines is 1. The second-order valence-electron chi connectivity index (χ2n) is 6.31. The number of aromatic nitrogens is 3. The highest BCUT2D eigenvalue weighted by atomic mass is 16.3. The number of nitrogens with zero attached hydrogens (tertiary/aromatic N) is 3. The van der Waals surface area contributed by atoms with E-state index in [1.165, 1.54) is 0 Å². The van der Waals surface area contributed by atoms with Gasteiger partial charge in [-0.1, -0.05) is 30.3 Å². The summed E-state index contributed by atoms with van der Waals surface area (Å²) in [4.78, 5) is 34.9. The molecule has 140 valence electrons. The van der Waals surface area contributed by atoms with Crippen LogP contribution in [0.25, 0.3) is 22.4 Å². The van der Waals surface area contributed by atoms with E-state index in [2.05, 4.69) is 9.97 Å². The van der Waals surface area contributed by atoms with E-state index in [0.717, 1.165) is 47.5 Å². The van der Waals surface area contributed by atoms with Crippen molar-refractivity contribution in [3.05, 3.63) is 42.1 Å². The van der Waals surface area contributed by atoms with Gasteiger partial charge < -0.3 is 20.7 Å². The first-order valence-corrected chi connectivity index (χ1v) is 8.61. The lowest BCUT2D eigenvalue weighted by Gasteiger charge is -2.24. The second-order valence-corrected chi connectivity index (χ2v) is 6.31. The van der Waals surface area contributed by atoms with Gasteiger partial charge in [0.25, 0.3) is 6.47 Å². The molecule has 3 heterocycles. The number of aromatic amines is 1. The molecule has 3 aromatic rings. The van der Waals surface area contributed by atoms with Gasteiger partial charge in [-0.25, -0.2) is 9.97 Å². The van der Waals surface area contributed by atoms with Crippen LogP contribution in [0.2, 0.25) is 0 Å². The van der Waals surface area contributed by atoms with Crippen LogP contribution in [0.3, 0.4) is 0 Å². The molecule has 4 N–H and O–H groups in total. The summed E-state index contributed by atoms with van der Waals surface area (Å²) in [6.07, 6.45) is 1.70. The average Bonchev–Trinajstić information content (AvgIpc) is 3.28. The first-order valence-electron chi connectivity index (χ1n) is 8.61. The summed E-state index contributed by atoms with van der Waals surface area (Å²) < 4.78 is 0. The molecule has 27 heavy (non-hydrogen) atoms. The third kappa shape index (κ3) is 3.74. The number of primary amides is 1. The van der Waals surface area contributed by atoms with Gasteiger partial charge in [0.05, 0.1) is 5.39 Å². The van der Waals surface area contributed by atoms with E-state index in [1.807, 2.05) is 48.2 Å². The zero-order chi connectivity index (χ0) is 19.4. The molecule has 8 nitrogen and oxygen atoms in total. The van der Waals surface area contributed by atoms with Gasteiger partial charge in [-0.3, -0.25) is 9.59 Å². The number of nitrogens with two attached hydrogens (primary N) is 1. The van der Waals surface area contributed by atoms with Crippen molar-refractivity contribution in [2.45, 2.75) is 25.8 Å². The van der Waals surface area contributed by atoms with Crippen LogP contribution >= 0.6 is 0 Å². The van der Waals surface area contributed by atoms with Crippen LogP contribution < -0.4 is 10.6 Å². The number of benzene rings is 1. The van der Waals surface area contributed by atoms with Gasteiger partial charge in [0.15, 0.2) is 5.82 Å². The molecule has 0 radical (unpaired) electrons. The third-order valence-electron chi connectivity index (χ3n) is 4.49. The highest BCUT2D eigenvalue weighted by Gasteiger charge is 2.32. The molecule has 4 rings (SSSR count). The zero-order valence-corrected chi connectivity index (χ0v) is 14.9. The fraction of sp³-hybridized carbons (Fsp3) is 0.263. The topological polar surface area (TPSA) is 125 Å². The quantitative estimate of drug-likeness (QED) is 0.609. The molecular formula is C19H21N5O3. The van der Waals surface area contributed by atoms with Gasteiger partial charge in [0.2, 0.25) is 5.91 Å². The maximum absolute atomic E-state index is 11.8. The van der Waals surface area contributed by atoms with Crippen LogP contribution in [-0.2, 0) is 9.59 Å². The first kappa shape index (κ1) is 18.4. The van der Waals surface area contributed by atoms with Crippen LogP contribution in [0.1, 0.15) is 18.5 Å². The van der Waals surface area contributed by atoms with Crippen LogP contribution in [0, 0.1) is 6.92 Å². The Kier molecular flexibility index (Phi) is 5.35. The van der Waals surface area contributed by atoms with E-state index in [0.29, 0.717) is 5.82 Å². The minimum absolute atomic E-state index is 0.250. The van der Waals surface area contributed by atoms with Gasteiger partial charge in [-0.2, -0.15) is 0 Å². The van der Waals surface area contributed by atoms with E-state index >= 15 is 0 Å². The predicted octanol–water partition coefficient (Wildman–Crippen LogP) is 2.09. The molecule has 0 spiro atoms. The van der Waals surface area contributed by atoms with Crippen molar-refractivity contribution >= 4 is 29.2 Å². The average molecular weight is 367 g/mol. The minimum Gasteiger partial charge on any atom is -0.483 e. The Morgan fingerprint density at radius 2 is 2.04 bits per heavy atom. The van der Waals surface area contributed by atoms with Gasteiger partial charge >= 0.3 is 0 Å². The van der Waals surface area contributed by atoms with Crippen molar-refractivity contribution in [2.24, 2.45) is 5.73 Å². The number of nitrogens with one attached hydrogen (secondary N) is 1. The molecule has 1 unspecified atom stereocenters. The summed E-state index contributed by atoms with van der Waals surface area (Å²) in [6.45, 7) is 2.52. The molecular weight excluding hydrogens is 346 g/mol. The molecule has 1 atom stereocenters. The first-order chi connectivity index (χ1) is 13.0. The van der Waals surface area contributed by atoms with Crippen molar-refractivity contribution in [2.75, 3.05) is 11.4 Å². The van der Waals surface area contributed by atoms with E-state index in [1.54, 1.807) is 0 Å². The number of carbonyl (C=O) groups excluding carboxylic acids is 1. The molecule has 1 aliphatic rings. The number of carbonyl (C=O) groups is 2. The van der Waals surface area contributed by atoms with Crippen LogP contribution in [0.4, 0.5) is 5.82 Å². The number of amides is 1. The van der Waals surface area contributed by atoms with Gasteiger partial charge in [-0.05, 0) is 25.8 Å². The number of fused-ring (bicyclic) bond motifs is 1. The highest BCUT2D eigenvalue weighted by Crippen LogP contribution is 2.32. The molecule has 0 bridgehead atoms. The van der Waals surface area contributed by atoms with E-state index in [9.17, 15) is 4.79 Å². The number of hydrogen-bond acceptors (Lipinski definition) is 5. The van der Waals surface area contributed by atoms with Crippen molar-refractivity contribution in [1.29, 1.82) is 0 Å². The fourth-order valence-electron chi connectivity index (χ4n) is 3.38. The molecule has 1 aromatic carbocycles. The normalized spacial score (nSPS) is 16.0. The van der Waals surface area contributed by atoms with E-state index in [-0.39, 0.29) is 18.4 Å². The number of H-pyrrole nitrogens is 1. The van der Waals surface area contributed by atoms with Crippen molar-refractivity contribution in [1.82, 2.24) is 15.0 Å². The molecule has 1 fully saturated rings. The second kappa shape index (κ2) is 7.86. The highest BCUT2D eigenvalue weighted by molar-refractivity contribution is 5.93. The van der Waals surface area contributed by atoms with Crippen molar-refractivity contribution < 1.29 is 14.7 Å². The maximum atomic E-state index is 11.8. The maximum Gasteiger partial charge on any atom is 0.290 e. The lowest BCUT2D eigenvalue weighted by molar-refractivity contribution is -0.123. The van der Waals surface area contributed by atoms with E-state index < -0.39 is 0 Å². The summed E-state index contributed by atoms with van der Waals surface area (Å²) in [6, 6.07) is 11.6. The number of hydrogen-bond donors (Lipinski definition) is 3. The fourth-order valence-corrected chi connectivity index (χ4v) is 3.38. The van der Waals surface area contributed by atoms with Crippen molar-refractivity contribution in [3.63, 3.8) is 0 Å². The number of rotatable bonds is 3. The SMILES string of the molecule is Cc1cc2c(N3CCCC3C(N)=O)nc(-c3ccccc3)nc2[nH]1.O=CO. The third-order valence-corrected chi connectivity index (χ3v) is 4.49. The molecule has 8 heteroatoms. The van der Waals surface area contributed by atoms with Gasteiger partial charge in [0, 0.05) is 17.8 Å². The number of aryl methyl sites for hydroxylation is 1. The lowest BCUT2D eigenvalue weighted by atomic mass is 10.2. The van der Waals surface area contributed by atoms with Crippen molar-refractivity contribution in [3.8, 4) is 11.4 Å². The molecule has 1 aliphatic heterocycles. The summed E-state index contributed by atoms with van der Waals surface area (Å²) >= 11 is 0. The van der Waals surface area contributed by atoms with Crippen LogP contribution in [-0.4, -0.2) is 45.0 Å². The summed E-state index contributed by atoms with van der Waals surface area (Å²) in [5.41, 5.74) is 8.34. The Morgan fingerprint density at radius 1 is 1.33 bits per heavy atom. The Morgan fingerprint density at radius 3 is 2.70 bits per heavy atom. The smallest absolute Gasteiger partial charge is 0.290 e. The molecule has 0 aliphatic carbocycles. The Balaban J connectivity index is 0.000000659. The molecule has 2 aromatic heterocycles. The standard InChI is InChI=1S/C18H19N5O.CH2O2/c1-11-10-13-17(20-11)21-16(12-6-3-2-4-7-12)22-18(13)23-9-5-8-14(23)15(19)24;2-1-3/h2-4,6-7,10,14H,5,8-9H2,1H3,(H2,19,24)(H,20,21,22);1H,(H,2,3). The van der Waals surface area contributed by atoms with E-state index in [4.69, 9.17) is 20.6 Å². The number of carboxylic acid groups (broad SMARTS) is 1. The van der Waals surface area contributed by atoms with Crippen LogP contribution in [0.15, 0.2) is 36.4 Å². The summed E-state index contributed by atoms with van der Waals surface area (Å²) in [5, 5.41) is 7.82. The predicted molar refractivity (Wildman–Crippen MR) is 102 cm³/mol. The Hall–Kier alpha value is -3.42. The largest absolute Gasteiger partial charge is 0.483 e.